The normalized spacial score (nSPS) is 17.9. The smallest absolute Gasteiger partial charge is 0.234 e. The van der Waals surface area contributed by atoms with Crippen LogP contribution in [0.25, 0.3) is 0 Å². The Morgan fingerprint density at radius 1 is 1.25 bits per heavy atom. The largest absolute Gasteiger partial charge is 0.355 e. The Morgan fingerprint density at radius 3 is 2.88 bits per heavy atom. The third-order valence-electron chi connectivity index (χ3n) is 2.90. The van der Waals surface area contributed by atoms with Crippen LogP contribution >= 0.6 is 0 Å². The van der Waals surface area contributed by atoms with Gasteiger partial charge in [0.25, 0.3) is 0 Å². The molecule has 0 aliphatic carbocycles. The van der Waals surface area contributed by atoms with Crippen molar-refractivity contribution in [3.63, 3.8) is 0 Å². The predicted molar refractivity (Wildman–Crippen MR) is 64.2 cm³/mol. The monoisotopic (exact) mass is 218 g/mol. The first-order chi connectivity index (χ1) is 7.84. The lowest BCUT2D eigenvalue weighted by Crippen LogP contribution is -2.34. The number of carbonyl (C=O) groups is 1. The van der Waals surface area contributed by atoms with Crippen LogP contribution in [0.3, 0.4) is 0 Å². The third-order valence-corrected chi connectivity index (χ3v) is 2.90. The number of rotatable bonds is 3. The lowest BCUT2D eigenvalue weighted by molar-refractivity contribution is -0.121. The van der Waals surface area contributed by atoms with Crippen molar-refractivity contribution >= 4 is 5.91 Å². The number of benzene rings is 1. The van der Waals surface area contributed by atoms with E-state index in [2.05, 4.69) is 34.5 Å². The van der Waals surface area contributed by atoms with Gasteiger partial charge in [-0.15, -0.1) is 0 Å². The molecular weight excluding hydrogens is 200 g/mol. The van der Waals surface area contributed by atoms with Gasteiger partial charge in [0.2, 0.25) is 5.91 Å². The first-order valence-electron chi connectivity index (χ1n) is 5.87. The maximum absolute atomic E-state index is 11.4. The van der Waals surface area contributed by atoms with Gasteiger partial charge in [0.1, 0.15) is 0 Å². The minimum atomic E-state index is 0.158. The fourth-order valence-electron chi connectivity index (χ4n) is 1.99. The molecule has 0 bridgehead atoms. The molecule has 0 atom stereocenters. The molecule has 3 nitrogen and oxygen atoms in total. The number of amides is 1. The standard InChI is InChI=1S/C13H18N2O/c16-13-11-15(9-4-8-14-13)10-7-12-5-2-1-3-6-12/h1-3,5-6H,4,7-11H2,(H,14,16). The highest BCUT2D eigenvalue weighted by Gasteiger charge is 2.13. The molecule has 1 N–H and O–H groups in total. The highest BCUT2D eigenvalue weighted by Crippen LogP contribution is 2.03. The van der Waals surface area contributed by atoms with Crippen LogP contribution in [-0.4, -0.2) is 37.0 Å². The summed E-state index contributed by atoms with van der Waals surface area (Å²) in [5.41, 5.74) is 1.34. The van der Waals surface area contributed by atoms with Crippen molar-refractivity contribution in [2.75, 3.05) is 26.2 Å². The van der Waals surface area contributed by atoms with E-state index in [0.717, 1.165) is 32.5 Å². The van der Waals surface area contributed by atoms with Crippen LogP contribution in [0.2, 0.25) is 0 Å². The van der Waals surface area contributed by atoms with Crippen LogP contribution in [0.1, 0.15) is 12.0 Å². The lowest BCUT2D eigenvalue weighted by atomic mass is 10.1. The molecule has 0 spiro atoms. The second kappa shape index (κ2) is 5.66. The summed E-state index contributed by atoms with van der Waals surface area (Å²) in [6.07, 6.45) is 2.08. The van der Waals surface area contributed by atoms with Crippen molar-refractivity contribution in [2.45, 2.75) is 12.8 Å². The molecular formula is C13H18N2O. The topological polar surface area (TPSA) is 32.3 Å². The molecule has 2 rings (SSSR count). The van der Waals surface area contributed by atoms with E-state index < -0.39 is 0 Å². The highest BCUT2D eigenvalue weighted by atomic mass is 16.2. The zero-order valence-corrected chi connectivity index (χ0v) is 9.48. The van der Waals surface area contributed by atoms with Crippen molar-refractivity contribution in [1.29, 1.82) is 0 Å². The molecule has 1 aromatic rings. The number of carbonyl (C=O) groups excluding carboxylic acids is 1. The summed E-state index contributed by atoms with van der Waals surface area (Å²) < 4.78 is 0. The van der Waals surface area contributed by atoms with E-state index in [1.165, 1.54) is 5.56 Å². The number of nitrogens with one attached hydrogen (secondary N) is 1. The molecule has 16 heavy (non-hydrogen) atoms. The summed E-state index contributed by atoms with van der Waals surface area (Å²) in [5.74, 6) is 0.158. The van der Waals surface area contributed by atoms with Crippen LogP contribution in [0.4, 0.5) is 0 Å². The fraction of sp³-hybridized carbons (Fsp3) is 0.462. The van der Waals surface area contributed by atoms with Gasteiger partial charge in [0.05, 0.1) is 6.54 Å². The van der Waals surface area contributed by atoms with Crippen molar-refractivity contribution in [2.24, 2.45) is 0 Å². The lowest BCUT2D eigenvalue weighted by Gasteiger charge is -2.18. The Morgan fingerprint density at radius 2 is 2.06 bits per heavy atom. The molecule has 0 radical (unpaired) electrons. The van der Waals surface area contributed by atoms with Gasteiger partial charge >= 0.3 is 0 Å². The number of nitrogens with zero attached hydrogens (tertiary/aromatic N) is 1. The maximum Gasteiger partial charge on any atom is 0.234 e. The van der Waals surface area contributed by atoms with E-state index >= 15 is 0 Å². The van der Waals surface area contributed by atoms with Gasteiger partial charge in [-0.3, -0.25) is 9.69 Å². The third kappa shape index (κ3) is 3.35. The summed E-state index contributed by atoms with van der Waals surface area (Å²) in [6.45, 7) is 3.36. The second-order valence-corrected chi connectivity index (χ2v) is 4.22. The fourth-order valence-corrected chi connectivity index (χ4v) is 1.99. The molecule has 1 aromatic carbocycles. The van der Waals surface area contributed by atoms with Gasteiger partial charge in [0.15, 0.2) is 0 Å². The number of hydrogen-bond acceptors (Lipinski definition) is 2. The average molecular weight is 218 g/mol. The second-order valence-electron chi connectivity index (χ2n) is 4.22. The highest BCUT2D eigenvalue weighted by molar-refractivity contribution is 5.78. The number of hydrogen-bond donors (Lipinski definition) is 1. The Balaban J connectivity index is 1.83. The van der Waals surface area contributed by atoms with Gasteiger partial charge in [-0.2, -0.15) is 0 Å². The molecule has 1 aliphatic heterocycles. The van der Waals surface area contributed by atoms with E-state index in [1.54, 1.807) is 0 Å². The van der Waals surface area contributed by atoms with Gasteiger partial charge in [-0.1, -0.05) is 30.3 Å². The summed E-state index contributed by atoms with van der Waals surface area (Å²) in [5, 5.41) is 2.89. The molecule has 1 fully saturated rings. The molecule has 3 heteroatoms. The van der Waals surface area contributed by atoms with Gasteiger partial charge < -0.3 is 5.32 Å². The summed E-state index contributed by atoms with van der Waals surface area (Å²) in [4.78, 5) is 13.6. The molecule has 86 valence electrons. The van der Waals surface area contributed by atoms with E-state index in [0.29, 0.717) is 6.54 Å². The first kappa shape index (κ1) is 11.1. The van der Waals surface area contributed by atoms with E-state index in [4.69, 9.17) is 0 Å². The molecule has 0 unspecified atom stereocenters. The molecule has 1 amide bonds. The summed E-state index contributed by atoms with van der Waals surface area (Å²) in [6, 6.07) is 10.4. The van der Waals surface area contributed by atoms with Gasteiger partial charge in [0, 0.05) is 19.6 Å². The maximum atomic E-state index is 11.4. The SMILES string of the molecule is O=C1CN(CCc2ccccc2)CCCN1. The van der Waals surface area contributed by atoms with Crippen molar-refractivity contribution in [3.8, 4) is 0 Å². The van der Waals surface area contributed by atoms with Crippen molar-refractivity contribution in [3.05, 3.63) is 35.9 Å². The molecule has 1 saturated heterocycles. The summed E-state index contributed by atoms with van der Waals surface area (Å²) in [7, 11) is 0. The van der Waals surface area contributed by atoms with Crippen molar-refractivity contribution < 1.29 is 4.79 Å². The Labute approximate surface area is 96.5 Å². The predicted octanol–water partition coefficient (Wildman–Crippen LogP) is 1.05. The van der Waals surface area contributed by atoms with Crippen LogP contribution < -0.4 is 5.32 Å². The first-order valence-corrected chi connectivity index (χ1v) is 5.87. The van der Waals surface area contributed by atoms with Gasteiger partial charge in [-0.25, -0.2) is 0 Å². The quantitative estimate of drug-likeness (QED) is 0.822. The minimum absolute atomic E-state index is 0.158. The van der Waals surface area contributed by atoms with E-state index in [-0.39, 0.29) is 5.91 Å². The van der Waals surface area contributed by atoms with E-state index in [9.17, 15) is 4.79 Å². The van der Waals surface area contributed by atoms with Gasteiger partial charge in [-0.05, 0) is 18.4 Å². The zero-order chi connectivity index (χ0) is 11.2. The van der Waals surface area contributed by atoms with Crippen LogP contribution in [0, 0.1) is 0 Å². The molecule has 1 heterocycles. The molecule has 0 saturated carbocycles. The molecule has 1 aliphatic rings. The van der Waals surface area contributed by atoms with Crippen molar-refractivity contribution in [1.82, 2.24) is 10.2 Å². The Hall–Kier alpha value is -1.35. The average Bonchev–Trinajstić information content (AvgIpc) is 2.52. The van der Waals surface area contributed by atoms with Crippen LogP contribution in [0.15, 0.2) is 30.3 Å². The van der Waals surface area contributed by atoms with Crippen LogP contribution in [0.5, 0.6) is 0 Å². The molecule has 0 aromatic heterocycles. The minimum Gasteiger partial charge on any atom is -0.355 e. The zero-order valence-electron chi connectivity index (χ0n) is 9.48. The Bertz CT molecular complexity index is 337. The Kier molecular flexibility index (Phi) is 3.94. The summed E-state index contributed by atoms with van der Waals surface area (Å²) >= 11 is 0. The van der Waals surface area contributed by atoms with Crippen LogP contribution in [-0.2, 0) is 11.2 Å². The van der Waals surface area contributed by atoms with E-state index in [1.807, 2.05) is 6.07 Å².